The van der Waals surface area contributed by atoms with Crippen molar-refractivity contribution < 1.29 is 37.0 Å². The molecule has 6 rings (SSSR count). The number of anilines is 1. The Morgan fingerprint density at radius 2 is 1.80 bits per heavy atom. The van der Waals surface area contributed by atoms with E-state index in [2.05, 4.69) is 4.98 Å². The van der Waals surface area contributed by atoms with Gasteiger partial charge in [-0.15, -0.1) is 0 Å². The lowest BCUT2D eigenvalue weighted by molar-refractivity contribution is -0.207. The van der Waals surface area contributed by atoms with Crippen molar-refractivity contribution in [2.45, 2.75) is 57.7 Å². The third-order valence-corrected chi connectivity index (χ3v) is 7.75. The first kappa shape index (κ1) is 30.2. The van der Waals surface area contributed by atoms with Crippen molar-refractivity contribution in [3.8, 4) is 17.0 Å². The molecule has 0 saturated carbocycles. The van der Waals surface area contributed by atoms with Crippen molar-refractivity contribution in [3.63, 3.8) is 0 Å². The largest absolute Gasteiger partial charge is 0.497 e. The molecule has 4 heterocycles. The summed E-state index contributed by atoms with van der Waals surface area (Å²) in [6, 6.07) is 15.3. The molecule has 2 aromatic heterocycles. The number of hydrogen-bond acceptors (Lipinski definition) is 7. The molecule has 0 N–H and O–H groups in total. The van der Waals surface area contributed by atoms with E-state index in [1.54, 1.807) is 66.8 Å². The van der Waals surface area contributed by atoms with Crippen LogP contribution in [0, 0.1) is 0 Å². The molecule has 1 unspecified atom stereocenters. The molecule has 1 fully saturated rings. The predicted molar refractivity (Wildman–Crippen MR) is 159 cm³/mol. The number of pyridine rings is 1. The fourth-order valence-corrected chi connectivity index (χ4v) is 5.74. The van der Waals surface area contributed by atoms with Gasteiger partial charge < -0.3 is 19.1 Å². The van der Waals surface area contributed by atoms with Gasteiger partial charge in [0.1, 0.15) is 22.9 Å². The fraction of sp³-hybridized carbons (Fsp3) is 0.375. The quantitative estimate of drug-likeness (QED) is 0.235. The van der Waals surface area contributed by atoms with Gasteiger partial charge in [-0.2, -0.15) is 18.3 Å². The minimum Gasteiger partial charge on any atom is -0.497 e. The minimum absolute atomic E-state index is 0.0748. The number of fused-ring (bicyclic) bond motifs is 2. The first-order valence-corrected chi connectivity index (χ1v) is 14.5. The van der Waals surface area contributed by atoms with Crippen molar-refractivity contribution in [2.75, 3.05) is 25.1 Å². The smallest absolute Gasteiger partial charge is 0.430 e. The number of alkyl halides is 3. The molecule has 2 aromatic carbocycles. The van der Waals surface area contributed by atoms with Crippen LogP contribution in [0.1, 0.15) is 50.5 Å². The van der Waals surface area contributed by atoms with E-state index in [-0.39, 0.29) is 35.2 Å². The van der Waals surface area contributed by atoms with Gasteiger partial charge in [0, 0.05) is 30.2 Å². The zero-order valence-corrected chi connectivity index (χ0v) is 25.2. The number of ether oxygens (including phenoxy) is 3. The number of amides is 2. The van der Waals surface area contributed by atoms with Gasteiger partial charge in [0.05, 0.1) is 30.8 Å². The van der Waals surface area contributed by atoms with E-state index in [1.165, 1.54) is 19.4 Å². The molecule has 45 heavy (non-hydrogen) atoms. The summed E-state index contributed by atoms with van der Waals surface area (Å²) in [6.07, 6.45) is -7.10. The van der Waals surface area contributed by atoms with E-state index >= 15 is 0 Å². The van der Waals surface area contributed by atoms with Crippen LogP contribution in [0.15, 0.2) is 60.8 Å². The van der Waals surface area contributed by atoms with Crippen LogP contribution >= 0.6 is 0 Å². The molecule has 2 atom stereocenters. The second kappa shape index (κ2) is 11.3. The minimum atomic E-state index is -4.91. The number of aromatic nitrogens is 3. The molecular formula is C32H32F3N5O5. The molecule has 2 aliphatic rings. The lowest BCUT2D eigenvalue weighted by Gasteiger charge is -2.34. The van der Waals surface area contributed by atoms with Crippen LogP contribution in [0.2, 0.25) is 0 Å². The average Bonchev–Trinajstić information content (AvgIpc) is 3.63. The molecule has 0 aliphatic carbocycles. The average molecular weight is 624 g/mol. The summed E-state index contributed by atoms with van der Waals surface area (Å²) < 4.78 is 61.1. The summed E-state index contributed by atoms with van der Waals surface area (Å²) in [5.41, 5.74) is 0.821. The standard InChI is InChI=1S/C32H32F3N5O5/c1-31(2,3)45-29(41)38-16-14-20(18-38)40-24-8-6-5-7-22(24)26(37-40)23-13-15-36-28-25(23)27(32(33,34)35)44-30(42)39(28)17-19-9-11-21(43-4)12-10-19/h5-13,15,20,27H,14,16-18H2,1-4H3/t20?,27-/m1/s1. The number of likely N-dealkylation sites (tertiary alicyclic amines) is 1. The lowest BCUT2D eigenvalue weighted by Crippen LogP contribution is -2.42. The highest BCUT2D eigenvalue weighted by atomic mass is 19.4. The van der Waals surface area contributed by atoms with Crippen LogP contribution in [-0.2, 0) is 16.0 Å². The van der Waals surface area contributed by atoms with Crippen LogP contribution in [0.4, 0.5) is 28.6 Å². The zero-order valence-electron chi connectivity index (χ0n) is 25.2. The number of rotatable bonds is 5. The fourth-order valence-electron chi connectivity index (χ4n) is 5.74. The van der Waals surface area contributed by atoms with E-state index in [1.807, 2.05) is 12.1 Å². The van der Waals surface area contributed by atoms with Gasteiger partial charge >= 0.3 is 18.4 Å². The summed E-state index contributed by atoms with van der Waals surface area (Å²) in [5.74, 6) is 0.439. The highest BCUT2D eigenvalue weighted by molar-refractivity contribution is 5.97. The normalized spacial score (nSPS) is 18.6. The molecule has 236 valence electrons. The Bertz CT molecular complexity index is 1750. The van der Waals surface area contributed by atoms with Crippen LogP contribution < -0.4 is 9.64 Å². The first-order chi connectivity index (χ1) is 21.3. The maximum atomic E-state index is 14.5. The lowest BCUT2D eigenvalue weighted by atomic mass is 9.97. The third kappa shape index (κ3) is 5.86. The Kier molecular flexibility index (Phi) is 7.58. The molecule has 0 spiro atoms. The third-order valence-electron chi connectivity index (χ3n) is 7.75. The van der Waals surface area contributed by atoms with Crippen molar-refractivity contribution in [1.29, 1.82) is 0 Å². The van der Waals surface area contributed by atoms with Crippen LogP contribution in [0.25, 0.3) is 22.2 Å². The van der Waals surface area contributed by atoms with Gasteiger partial charge in [-0.1, -0.05) is 30.3 Å². The number of carbonyl (C=O) groups excluding carboxylic acids is 2. The molecular weight excluding hydrogens is 591 g/mol. The van der Waals surface area contributed by atoms with Crippen LogP contribution in [0.3, 0.4) is 0 Å². The van der Waals surface area contributed by atoms with Crippen LogP contribution in [-0.4, -0.2) is 63.8 Å². The number of para-hydroxylation sites is 1. The monoisotopic (exact) mass is 623 g/mol. The molecule has 4 aromatic rings. The predicted octanol–water partition coefficient (Wildman–Crippen LogP) is 7.05. The summed E-state index contributed by atoms with van der Waals surface area (Å²) in [5, 5.41) is 5.46. The molecule has 0 radical (unpaired) electrons. The topological polar surface area (TPSA) is 99.0 Å². The van der Waals surface area contributed by atoms with E-state index in [0.29, 0.717) is 41.7 Å². The van der Waals surface area contributed by atoms with E-state index in [9.17, 15) is 22.8 Å². The van der Waals surface area contributed by atoms with Gasteiger partial charge in [0.15, 0.2) is 0 Å². The first-order valence-electron chi connectivity index (χ1n) is 14.5. The van der Waals surface area contributed by atoms with Crippen molar-refractivity contribution in [3.05, 3.63) is 71.9 Å². The molecule has 0 bridgehead atoms. The number of halogens is 3. The van der Waals surface area contributed by atoms with Crippen LogP contribution in [0.5, 0.6) is 5.75 Å². The molecule has 2 amide bonds. The number of benzene rings is 2. The number of hydrogen-bond donors (Lipinski definition) is 0. The maximum absolute atomic E-state index is 14.5. The number of cyclic esters (lactones) is 1. The summed E-state index contributed by atoms with van der Waals surface area (Å²) in [7, 11) is 1.52. The number of carbonyl (C=O) groups is 2. The van der Waals surface area contributed by atoms with Gasteiger partial charge in [0.2, 0.25) is 6.10 Å². The van der Waals surface area contributed by atoms with E-state index in [4.69, 9.17) is 19.3 Å². The molecule has 13 heteroatoms. The second-order valence-corrected chi connectivity index (χ2v) is 12.0. The van der Waals surface area contributed by atoms with E-state index in [0.717, 1.165) is 4.90 Å². The second-order valence-electron chi connectivity index (χ2n) is 12.0. The highest BCUT2D eigenvalue weighted by Gasteiger charge is 2.51. The summed E-state index contributed by atoms with van der Waals surface area (Å²) >= 11 is 0. The molecule has 10 nitrogen and oxygen atoms in total. The Labute approximate surface area is 257 Å². The summed E-state index contributed by atoms with van der Waals surface area (Å²) in [4.78, 5) is 32.7. The number of nitrogens with zero attached hydrogens (tertiary/aromatic N) is 5. The molecule has 2 aliphatic heterocycles. The van der Waals surface area contributed by atoms with Gasteiger partial charge in [0.25, 0.3) is 0 Å². The SMILES string of the molecule is COc1ccc(CN2C(=O)O[C@@H](C(F)(F)F)c3c(-c4nn(C5CCN(C(=O)OC(C)(C)C)C5)c5ccccc45)ccnc32)cc1. The Morgan fingerprint density at radius 1 is 1.07 bits per heavy atom. The van der Waals surface area contributed by atoms with Gasteiger partial charge in [-0.3, -0.25) is 9.58 Å². The van der Waals surface area contributed by atoms with Gasteiger partial charge in [-0.05, 0) is 57.0 Å². The highest BCUT2D eigenvalue weighted by Crippen LogP contribution is 2.48. The Hall–Kier alpha value is -4.81. The summed E-state index contributed by atoms with van der Waals surface area (Å²) in [6.45, 7) is 6.09. The Morgan fingerprint density at radius 3 is 2.49 bits per heavy atom. The van der Waals surface area contributed by atoms with Crippen molar-refractivity contribution in [2.24, 2.45) is 0 Å². The number of methoxy groups -OCH3 is 1. The van der Waals surface area contributed by atoms with Crippen molar-refractivity contribution in [1.82, 2.24) is 19.7 Å². The maximum Gasteiger partial charge on any atom is 0.430 e. The van der Waals surface area contributed by atoms with E-state index < -0.39 is 30.1 Å². The molecule has 1 saturated heterocycles. The Balaban J connectivity index is 1.43. The zero-order chi connectivity index (χ0) is 32.1. The van der Waals surface area contributed by atoms with Crippen molar-refractivity contribution >= 4 is 28.9 Å². The van der Waals surface area contributed by atoms with Gasteiger partial charge in [-0.25, -0.2) is 14.6 Å².